The SMILES string of the molecule is NC(=O)C1CCC(O)(O)C1. The number of primary amides is 1. The number of rotatable bonds is 1. The van der Waals surface area contributed by atoms with E-state index in [1.54, 1.807) is 0 Å². The van der Waals surface area contributed by atoms with Crippen molar-refractivity contribution in [3.05, 3.63) is 0 Å². The molecule has 0 aromatic heterocycles. The minimum absolute atomic E-state index is 0.0856. The lowest BCUT2D eigenvalue weighted by Crippen LogP contribution is -2.27. The van der Waals surface area contributed by atoms with E-state index in [0.717, 1.165) is 0 Å². The van der Waals surface area contributed by atoms with Gasteiger partial charge in [0.25, 0.3) is 0 Å². The maximum Gasteiger partial charge on any atom is 0.220 e. The molecule has 1 aliphatic rings. The highest BCUT2D eigenvalue weighted by atomic mass is 16.5. The van der Waals surface area contributed by atoms with Gasteiger partial charge in [-0.05, 0) is 6.42 Å². The Morgan fingerprint density at radius 3 is 2.40 bits per heavy atom. The molecule has 0 saturated heterocycles. The van der Waals surface area contributed by atoms with Gasteiger partial charge in [0.15, 0.2) is 5.79 Å². The van der Waals surface area contributed by atoms with Crippen LogP contribution in [0.3, 0.4) is 0 Å². The van der Waals surface area contributed by atoms with Crippen LogP contribution in [-0.2, 0) is 4.79 Å². The Kier molecular flexibility index (Phi) is 1.66. The normalized spacial score (nSPS) is 30.4. The molecule has 1 amide bonds. The molecule has 1 atom stereocenters. The van der Waals surface area contributed by atoms with Crippen molar-refractivity contribution in [2.75, 3.05) is 0 Å². The van der Waals surface area contributed by atoms with E-state index in [1.165, 1.54) is 0 Å². The summed E-state index contributed by atoms with van der Waals surface area (Å²) in [6.07, 6.45) is 0.825. The molecule has 0 aromatic carbocycles. The van der Waals surface area contributed by atoms with Gasteiger partial charge in [-0.25, -0.2) is 0 Å². The molecule has 4 nitrogen and oxygen atoms in total. The Bertz CT molecular complexity index is 155. The quantitative estimate of drug-likeness (QED) is 0.412. The first-order valence-corrected chi connectivity index (χ1v) is 3.25. The summed E-state index contributed by atoms with van der Waals surface area (Å²) < 4.78 is 0. The van der Waals surface area contributed by atoms with Gasteiger partial charge >= 0.3 is 0 Å². The molecular weight excluding hydrogens is 134 g/mol. The standard InChI is InChI=1S/C6H11NO3/c7-5(8)4-1-2-6(9,10)3-4/h4,9-10H,1-3H2,(H2,7,8). The minimum Gasteiger partial charge on any atom is -0.369 e. The molecule has 0 aliphatic heterocycles. The third kappa shape index (κ3) is 1.46. The van der Waals surface area contributed by atoms with Gasteiger partial charge in [-0.1, -0.05) is 0 Å². The number of carbonyl (C=O) groups is 1. The van der Waals surface area contributed by atoms with Gasteiger partial charge < -0.3 is 15.9 Å². The van der Waals surface area contributed by atoms with Crippen LogP contribution in [0, 0.1) is 5.92 Å². The first-order chi connectivity index (χ1) is 4.51. The molecule has 1 unspecified atom stereocenters. The zero-order chi connectivity index (χ0) is 7.78. The molecule has 1 aliphatic carbocycles. The molecule has 10 heavy (non-hydrogen) atoms. The topological polar surface area (TPSA) is 83.6 Å². The van der Waals surface area contributed by atoms with Gasteiger partial charge in [-0.15, -0.1) is 0 Å². The summed E-state index contributed by atoms with van der Waals surface area (Å²) in [4.78, 5) is 10.5. The summed E-state index contributed by atoms with van der Waals surface area (Å²) in [5.41, 5.74) is 4.96. The summed E-state index contributed by atoms with van der Waals surface area (Å²) in [7, 11) is 0. The van der Waals surface area contributed by atoms with Crippen molar-refractivity contribution in [1.29, 1.82) is 0 Å². The Morgan fingerprint density at radius 2 is 2.20 bits per heavy atom. The van der Waals surface area contributed by atoms with Gasteiger partial charge in [-0.3, -0.25) is 4.79 Å². The monoisotopic (exact) mass is 145 g/mol. The lowest BCUT2D eigenvalue weighted by atomic mass is 10.1. The van der Waals surface area contributed by atoms with Crippen molar-refractivity contribution in [3.63, 3.8) is 0 Å². The van der Waals surface area contributed by atoms with Crippen LogP contribution in [0.1, 0.15) is 19.3 Å². The van der Waals surface area contributed by atoms with Crippen LogP contribution < -0.4 is 5.73 Å². The van der Waals surface area contributed by atoms with Crippen molar-refractivity contribution in [3.8, 4) is 0 Å². The average Bonchev–Trinajstić information content (AvgIpc) is 2.10. The third-order valence-corrected chi connectivity index (χ3v) is 1.87. The van der Waals surface area contributed by atoms with E-state index < -0.39 is 11.7 Å². The van der Waals surface area contributed by atoms with E-state index in [2.05, 4.69) is 0 Å². The molecule has 1 fully saturated rings. The molecule has 1 rings (SSSR count). The maximum atomic E-state index is 10.5. The van der Waals surface area contributed by atoms with Crippen molar-refractivity contribution >= 4 is 5.91 Å². The fourth-order valence-corrected chi connectivity index (χ4v) is 1.25. The first kappa shape index (κ1) is 7.50. The van der Waals surface area contributed by atoms with Gasteiger partial charge in [0.1, 0.15) is 0 Å². The first-order valence-electron chi connectivity index (χ1n) is 3.25. The molecular formula is C6H11NO3. The fourth-order valence-electron chi connectivity index (χ4n) is 1.25. The zero-order valence-corrected chi connectivity index (χ0v) is 5.58. The molecule has 0 aromatic rings. The largest absolute Gasteiger partial charge is 0.369 e. The zero-order valence-electron chi connectivity index (χ0n) is 5.58. The minimum atomic E-state index is -1.65. The Balaban J connectivity index is 2.51. The van der Waals surface area contributed by atoms with Crippen LogP contribution in [0.25, 0.3) is 0 Å². The second kappa shape index (κ2) is 2.21. The summed E-state index contributed by atoms with van der Waals surface area (Å²) in [5.74, 6) is -2.44. The summed E-state index contributed by atoms with van der Waals surface area (Å²) in [6, 6.07) is 0. The number of aliphatic hydroxyl groups is 2. The van der Waals surface area contributed by atoms with Crippen LogP contribution in [0.5, 0.6) is 0 Å². The molecule has 0 bridgehead atoms. The Labute approximate surface area is 58.6 Å². The van der Waals surface area contributed by atoms with E-state index in [-0.39, 0.29) is 18.8 Å². The second-order valence-corrected chi connectivity index (χ2v) is 2.82. The van der Waals surface area contributed by atoms with Gasteiger partial charge in [0.05, 0.1) is 0 Å². The maximum absolute atomic E-state index is 10.5. The fraction of sp³-hybridized carbons (Fsp3) is 0.833. The van der Waals surface area contributed by atoms with Crippen LogP contribution in [0.15, 0.2) is 0 Å². The van der Waals surface area contributed by atoms with Crippen molar-refractivity contribution in [2.45, 2.75) is 25.0 Å². The van der Waals surface area contributed by atoms with E-state index in [4.69, 9.17) is 15.9 Å². The van der Waals surface area contributed by atoms with E-state index in [0.29, 0.717) is 6.42 Å². The second-order valence-electron chi connectivity index (χ2n) is 2.82. The average molecular weight is 145 g/mol. The van der Waals surface area contributed by atoms with Gasteiger partial charge in [0, 0.05) is 18.8 Å². The Morgan fingerprint density at radius 1 is 1.60 bits per heavy atom. The molecule has 0 radical (unpaired) electrons. The molecule has 1 saturated carbocycles. The van der Waals surface area contributed by atoms with Crippen LogP contribution >= 0.6 is 0 Å². The lowest BCUT2D eigenvalue weighted by Gasteiger charge is -2.12. The number of amides is 1. The summed E-state index contributed by atoms with van der Waals surface area (Å²) in [5, 5.41) is 17.9. The highest BCUT2D eigenvalue weighted by Crippen LogP contribution is 2.31. The number of hydrogen-bond donors (Lipinski definition) is 3. The lowest BCUT2D eigenvalue weighted by molar-refractivity contribution is -0.157. The summed E-state index contributed by atoms with van der Waals surface area (Å²) in [6.45, 7) is 0. The number of hydrogen-bond acceptors (Lipinski definition) is 3. The number of carbonyl (C=O) groups excluding carboxylic acids is 1. The van der Waals surface area contributed by atoms with Crippen LogP contribution in [-0.4, -0.2) is 21.9 Å². The highest BCUT2D eigenvalue weighted by molar-refractivity contribution is 5.77. The molecule has 58 valence electrons. The van der Waals surface area contributed by atoms with Crippen molar-refractivity contribution < 1.29 is 15.0 Å². The van der Waals surface area contributed by atoms with Gasteiger partial charge in [0.2, 0.25) is 5.91 Å². The molecule has 0 spiro atoms. The molecule has 0 heterocycles. The van der Waals surface area contributed by atoms with Crippen molar-refractivity contribution in [2.24, 2.45) is 11.7 Å². The third-order valence-electron chi connectivity index (χ3n) is 1.87. The van der Waals surface area contributed by atoms with Crippen LogP contribution in [0.2, 0.25) is 0 Å². The van der Waals surface area contributed by atoms with E-state index in [1.807, 2.05) is 0 Å². The smallest absolute Gasteiger partial charge is 0.220 e. The Hall–Kier alpha value is -0.610. The molecule has 4 N–H and O–H groups in total. The van der Waals surface area contributed by atoms with E-state index >= 15 is 0 Å². The predicted octanol–water partition coefficient (Wildman–Crippen LogP) is -1.05. The highest BCUT2D eigenvalue weighted by Gasteiger charge is 2.37. The summed E-state index contributed by atoms with van der Waals surface area (Å²) >= 11 is 0. The predicted molar refractivity (Wildman–Crippen MR) is 33.7 cm³/mol. The van der Waals surface area contributed by atoms with Gasteiger partial charge in [-0.2, -0.15) is 0 Å². The number of nitrogens with two attached hydrogens (primary N) is 1. The van der Waals surface area contributed by atoms with E-state index in [9.17, 15) is 4.79 Å². The molecule has 4 heteroatoms. The van der Waals surface area contributed by atoms with Crippen molar-refractivity contribution in [1.82, 2.24) is 0 Å². The van der Waals surface area contributed by atoms with Crippen LogP contribution in [0.4, 0.5) is 0 Å².